The van der Waals surface area contributed by atoms with E-state index in [0.29, 0.717) is 12.3 Å². The second-order valence-corrected chi connectivity index (χ2v) is 4.67. The second kappa shape index (κ2) is 5.17. The first-order chi connectivity index (χ1) is 8.61. The lowest BCUT2D eigenvalue weighted by Gasteiger charge is -2.04. The minimum absolute atomic E-state index is 0.160. The lowest BCUT2D eigenvalue weighted by atomic mass is 10.1. The molecule has 0 spiro atoms. The largest absolute Gasteiger partial charge is 0.294 e. The Morgan fingerprint density at radius 3 is 2.72 bits per heavy atom. The van der Waals surface area contributed by atoms with Crippen LogP contribution in [0.3, 0.4) is 0 Å². The smallest absolute Gasteiger partial charge is 0.162 e. The van der Waals surface area contributed by atoms with Crippen molar-refractivity contribution in [2.24, 2.45) is 0 Å². The molecule has 3 nitrogen and oxygen atoms in total. The Kier molecular flexibility index (Phi) is 3.60. The molecule has 0 saturated heterocycles. The van der Waals surface area contributed by atoms with Gasteiger partial charge in [-0.25, -0.2) is 4.68 Å². The van der Waals surface area contributed by atoms with Gasteiger partial charge in [-0.3, -0.25) is 4.79 Å². The summed E-state index contributed by atoms with van der Waals surface area (Å²) < 4.78 is 1.82. The monoisotopic (exact) mass is 242 g/mol. The van der Waals surface area contributed by atoms with Gasteiger partial charge in [0.05, 0.1) is 11.4 Å². The number of carbonyl (C=O) groups is 1. The highest BCUT2D eigenvalue weighted by Crippen LogP contribution is 2.15. The summed E-state index contributed by atoms with van der Waals surface area (Å²) in [4.78, 5) is 11.7. The number of rotatable bonds is 4. The molecule has 0 fully saturated rings. The average molecular weight is 242 g/mol. The van der Waals surface area contributed by atoms with E-state index in [1.54, 1.807) is 0 Å². The van der Waals surface area contributed by atoms with Crippen molar-refractivity contribution in [1.82, 2.24) is 9.78 Å². The predicted octanol–water partition coefficient (Wildman–Crippen LogP) is 3.59. The van der Waals surface area contributed by atoms with Crippen molar-refractivity contribution in [3.8, 4) is 5.69 Å². The summed E-state index contributed by atoms with van der Waals surface area (Å²) >= 11 is 0. The molecule has 0 aliphatic rings. The van der Waals surface area contributed by atoms with Crippen molar-refractivity contribution in [1.29, 1.82) is 0 Å². The zero-order chi connectivity index (χ0) is 13.1. The van der Waals surface area contributed by atoms with Crippen LogP contribution >= 0.6 is 0 Å². The summed E-state index contributed by atoms with van der Waals surface area (Å²) in [5, 5.41) is 4.51. The molecule has 94 valence electrons. The number of Topliss-reactive ketones (excluding diaryl/α,β-unsaturated/α-hetero) is 1. The van der Waals surface area contributed by atoms with E-state index < -0.39 is 0 Å². The molecule has 0 saturated carbocycles. The zero-order valence-corrected chi connectivity index (χ0v) is 11.1. The summed E-state index contributed by atoms with van der Waals surface area (Å²) in [6.45, 7) is 6.10. The molecular weight excluding hydrogens is 224 g/mol. The fourth-order valence-electron chi connectivity index (χ4n) is 1.82. The molecule has 0 atom stereocenters. The molecule has 0 amide bonds. The van der Waals surface area contributed by atoms with Crippen LogP contribution in [0.1, 0.15) is 49.2 Å². The molecule has 1 heterocycles. The van der Waals surface area contributed by atoms with Gasteiger partial charge < -0.3 is 0 Å². The Balaban J connectivity index is 2.35. The van der Waals surface area contributed by atoms with Gasteiger partial charge in [-0.2, -0.15) is 5.10 Å². The summed E-state index contributed by atoms with van der Waals surface area (Å²) in [5.41, 5.74) is 2.74. The van der Waals surface area contributed by atoms with E-state index in [1.165, 1.54) is 0 Å². The number of benzene rings is 1. The van der Waals surface area contributed by atoms with Gasteiger partial charge in [-0.05, 0) is 24.1 Å². The molecule has 0 bridgehead atoms. The molecule has 0 aliphatic carbocycles. The van der Waals surface area contributed by atoms with Crippen LogP contribution in [0, 0.1) is 0 Å². The summed E-state index contributed by atoms with van der Waals surface area (Å²) in [6.07, 6.45) is 2.46. The van der Waals surface area contributed by atoms with Crippen LogP contribution in [0.4, 0.5) is 0 Å². The topological polar surface area (TPSA) is 34.9 Å². The van der Waals surface area contributed by atoms with Crippen molar-refractivity contribution in [2.75, 3.05) is 0 Å². The molecule has 2 rings (SSSR count). The van der Waals surface area contributed by atoms with E-state index in [4.69, 9.17) is 0 Å². The highest BCUT2D eigenvalue weighted by molar-refractivity contribution is 5.96. The lowest BCUT2D eigenvalue weighted by Crippen LogP contribution is -2.01. The van der Waals surface area contributed by atoms with Crippen LogP contribution in [0.5, 0.6) is 0 Å². The van der Waals surface area contributed by atoms with E-state index in [2.05, 4.69) is 18.9 Å². The first-order valence-corrected chi connectivity index (χ1v) is 6.31. The summed E-state index contributed by atoms with van der Waals surface area (Å²) in [6, 6.07) is 9.61. The first kappa shape index (κ1) is 12.6. The van der Waals surface area contributed by atoms with Crippen LogP contribution in [0.15, 0.2) is 36.5 Å². The third-order valence-corrected chi connectivity index (χ3v) is 2.96. The van der Waals surface area contributed by atoms with Crippen molar-refractivity contribution >= 4 is 5.78 Å². The van der Waals surface area contributed by atoms with Gasteiger partial charge >= 0.3 is 0 Å². The highest BCUT2D eigenvalue weighted by atomic mass is 16.1. The van der Waals surface area contributed by atoms with Crippen LogP contribution < -0.4 is 0 Å². The SMILES string of the molecule is CCC(=O)c1cccc(-n2ccc(C(C)C)n2)c1. The molecule has 18 heavy (non-hydrogen) atoms. The van der Waals surface area contributed by atoms with Crippen LogP contribution in [-0.2, 0) is 0 Å². The molecule has 0 unspecified atom stereocenters. The van der Waals surface area contributed by atoms with Crippen molar-refractivity contribution in [3.63, 3.8) is 0 Å². The molecule has 1 aromatic carbocycles. The number of hydrogen-bond donors (Lipinski definition) is 0. The molecule has 1 aromatic heterocycles. The number of aromatic nitrogens is 2. The minimum Gasteiger partial charge on any atom is -0.294 e. The van der Waals surface area contributed by atoms with Crippen LogP contribution in [-0.4, -0.2) is 15.6 Å². The number of hydrogen-bond acceptors (Lipinski definition) is 2. The Bertz CT molecular complexity index is 555. The van der Waals surface area contributed by atoms with E-state index in [9.17, 15) is 4.79 Å². The van der Waals surface area contributed by atoms with Crippen molar-refractivity contribution in [3.05, 3.63) is 47.8 Å². The third kappa shape index (κ3) is 2.50. The maximum Gasteiger partial charge on any atom is 0.162 e. The number of nitrogens with zero attached hydrogens (tertiary/aromatic N) is 2. The molecule has 0 N–H and O–H groups in total. The fourth-order valence-corrected chi connectivity index (χ4v) is 1.82. The van der Waals surface area contributed by atoms with Gasteiger partial charge in [0.1, 0.15) is 0 Å². The number of ketones is 1. The van der Waals surface area contributed by atoms with Crippen molar-refractivity contribution < 1.29 is 4.79 Å². The van der Waals surface area contributed by atoms with Crippen molar-refractivity contribution in [2.45, 2.75) is 33.1 Å². The van der Waals surface area contributed by atoms with E-state index >= 15 is 0 Å². The minimum atomic E-state index is 0.160. The van der Waals surface area contributed by atoms with Gasteiger partial charge in [0.25, 0.3) is 0 Å². The standard InChI is InChI=1S/C15H18N2O/c1-4-15(18)12-6-5-7-13(10-12)17-9-8-14(16-17)11(2)3/h5-11H,4H2,1-3H3. The Labute approximate surface area is 107 Å². The lowest BCUT2D eigenvalue weighted by molar-refractivity contribution is 0.0988. The first-order valence-electron chi connectivity index (χ1n) is 6.31. The summed E-state index contributed by atoms with van der Waals surface area (Å²) in [7, 11) is 0. The molecule has 2 aromatic rings. The third-order valence-electron chi connectivity index (χ3n) is 2.96. The zero-order valence-electron chi connectivity index (χ0n) is 11.1. The predicted molar refractivity (Wildman–Crippen MR) is 72.3 cm³/mol. The van der Waals surface area contributed by atoms with Gasteiger partial charge in [-0.15, -0.1) is 0 Å². The quantitative estimate of drug-likeness (QED) is 0.768. The maximum absolute atomic E-state index is 11.7. The molecule has 3 heteroatoms. The Morgan fingerprint density at radius 1 is 1.33 bits per heavy atom. The van der Waals surface area contributed by atoms with E-state index in [1.807, 2.05) is 48.1 Å². The average Bonchev–Trinajstić information content (AvgIpc) is 2.88. The summed E-state index contributed by atoms with van der Waals surface area (Å²) in [5.74, 6) is 0.569. The normalized spacial score (nSPS) is 10.9. The molecule has 0 radical (unpaired) electrons. The fraction of sp³-hybridized carbons (Fsp3) is 0.333. The van der Waals surface area contributed by atoms with Gasteiger partial charge in [-0.1, -0.05) is 32.9 Å². The maximum atomic E-state index is 11.7. The molecule has 0 aliphatic heterocycles. The van der Waals surface area contributed by atoms with Crippen LogP contribution in [0.2, 0.25) is 0 Å². The number of carbonyl (C=O) groups excluding carboxylic acids is 1. The van der Waals surface area contributed by atoms with Gasteiger partial charge in [0.2, 0.25) is 0 Å². The van der Waals surface area contributed by atoms with E-state index in [-0.39, 0.29) is 5.78 Å². The second-order valence-electron chi connectivity index (χ2n) is 4.67. The van der Waals surface area contributed by atoms with E-state index in [0.717, 1.165) is 16.9 Å². The highest BCUT2D eigenvalue weighted by Gasteiger charge is 2.07. The Hall–Kier alpha value is -1.90. The van der Waals surface area contributed by atoms with Crippen LogP contribution in [0.25, 0.3) is 5.69 Å². The van der Waals surface area contributed by atoms with Gasteiger partial charge in [0, 0.05) is 18.2 Å². The molecular formula is C15H18N2O. The van der Waals surface area contributed by atoms with Gasteiger partial charge in [0.15, 0.2) is 5.78 Å². The Morgan fingerprint density at radius 2 is 2.11 bits per heavy atom.